The van der Waals surface area contributed by atoms with Gasteiger partial charge in [0.15, 0.2) is 0 Å². The van der Waals surface area contributed by atoms with Gasteiger partial charge in [0.1, 0.15) is 17.6 Å². The molecule has 2 heterocycles. The molecule has 2 rings (SSSR count). The summed E-state index contributed by atoms with van der Waals surface area (Å²) >= 11 is 0. The van der Waals surface area contributed by atoms with E-state index in [9.17, 15) is 0 Å². The van der Waals surface area contributed by atoms with Gasteiger partial charge in [-0.05, 0) is 37.4 Å². The van der Waals surface area contributed by atoms with Crippen molar-refractivity contribution in [2.45, 2.75) is 32.7 Å². The Morgan fingerprint density at radius 1 is 1.53 bits per heavy atom. The second kappa shape index (κ2) is 6.53. The Morgan fingerprint density at radius 3 is 3.11 bits per heavy atom. The SMILES string of the molecule is CC(C)NCC1CCCN(c2cccc(C#N)n2)C1. The molecule has 0 radical (unpaired) electrons. The van der Waals surface area contributed by atoms with E-state index >= 15 is 0 Å². The van der Waals surface area contributed by atoms with Crippen LogP contribution in [0.2, 0.25) is 0 Å². The lowest BCUT2D eigenvalue weighted by atomic mass is 9.97. The van der Waals surface area contributed by atoms with Gasteiger partial charge in [-0.25, -0.2) is 4.98 Å². The molecule has 1 fully saturated rings. The number of anilines is 1. The van der Waals surface area contributed by atoms with Crippen molar-refractivity contribution in [3.05, 3.63) is 23.9 Å². The minimum Gasteiger partial charge on any atom is -0.356 e. The van der Waals surface area contributed by atoms with Crippen molar-refractivity contribution in [1.29, 1.82) is 5.26 Å². The molecule has 1 aliphatic heterocycles. The summed E-state index contributed by atoms with van der Waals surface area (Å²) in [5, 5.41) is 12.4. The maximum Gasteiger partial charge on any atom is 0.142 e. The monoisotopic (exact) mass is 258 g/mol. The molecule has 1 aromatic rings. The summed E-state index contributed by atoms with van der Waals surface area (Å²) in [5.41, 5.74) is 0.500. The molecule has 1 saturated heterocycles. The van der Waals surface area contributed by atoms with Gasteiger partial charge in [-0.2, -0.15) is 5.26 Å². The topological polar surface area (TPSA) is 52.0 Å². The highest BCUT2D eigenvalue weighted by Crippen LogP contribution is 2.21. The third-order valence-corrected chi connectivity index (χ3v) is 3.51. The van der Waals surface area contributed by atoms with Gasteiger partial charge in [0, 0.05) is 19.1 Å². The Bertz CT molecular complexity index is 450. The molecule has 1 aromatic heterocycles. The minimum absolute atomic E-state index is 0.500. The van der Waals surface area contributed by atoms with Crippen molar-refractivity contribution in [2.75, 3.05) is 24.5 Å². The number of hydrogen-bond donors (Lipinski definition) is 1. The average Bonchev–Trinajstić information content (AvgIpc) is 2.45. The fourth-order valence-electron chi connectivity index (χ4n) is 2.50. The number of pyridine rings is 1. The van der Waals surface area contributed by atoms with Gasteiger partial charge in [-0.15, -0.1) is 0 Å². The molecule has 1 aliphatic rings. The van der Waals surface area contributed by atoms with E-state index in [1.807, 2.05) is 12.1 Å². The van der Waals surface area contributed by atoms with E-state index in [-0.39, 0.29) is 0 Å². The first kappa shape index (κ1) is 13.8. The summed E-state index contributed by atoms with van der Waals surface area (Å²) in [4.78, 5) is 6.69. The van der Waals surface area contributed by atoms with Crippen molar-refractivity contribution in [3.63, 3.8) is 0 Å². The standard InChI is InChI=1S/C15H22N4/c1-12(2)17-10-13-5-4-8-19(11-13)15-7-3-6-14(9-16)18-15/h3,6-7,12-13,17H,4-5,8,10-11H2,1-2H3. The van der Waals surface area contributed by atoms with Gasteiger partial charge in [0.25, 0.3) is 0 Å². The zero-order valence-corrected chi connectivity index (χ0v) is 11.8. The number of piperidine rings is 1. The van der Waals surface area contributed by atoms with Crippen LogP contribution in [0.15, 0.2) is 18.2 Å². The molecule has 0 amide bonds. The molecular formula is C15H22N4. The highest BCUT2D eigenvalue weighted by Gasteiger charge is 2.21. The first-order valence-corrected chi connectivity index (χ1v) is 7.04. The van der Waals surface area contributed by atoms with Crippen LogP contribution in [0.3, 0.4) is 0 Å². The van der Waals surface area contributed by atoms with E-state index in [1.165, 1.54) is 12.8 Å². The highest BCUT2D eigenvalue weighted by atomic mass is 15.2. The number of rotatable bonds is 4. The summed E-state index contributed by atoms with van der Waals surface area (Å²) in [7, 11) is 0. The van der Waals surface area contributed by atoms with E-state index < -0.39 is 0 Å². The van der Waals surface area contributed by atoms with Gasteiger partial charge >= 0.3 is 0 Å². The Hall–Kier alpha value is -1.60. The van der Waals surface area contributed by atoms with Gasteiger partial charge in [0.2, 0.25) is 0 Å². The van der Waals surface area contributed by atoms with Crippen LogP contribution in [0, 0.1) is 17.2 Å². The molecule has 0 bridgehead atoms. The quantitative estimate of drug-likeness (QED) is 0.899. The first-order valence-electron chi connectivity index (χ1n) is 7.04. The van der Waals surface area contributed by atoms with Gasteiger partial charge in [0.05, 0.1) is 0 Å². The van der Waals surface area contributed by atoms with Crippen LogP contribution in [0.1, 0.15) is 32.4 Å². The third kappa shape index (κ3) is 3.93. The molecule has 0 saturated carbocycles. The molecule has 19 heavy (non-hydrogen) atoms. The molecule has 1 atom stereocenters. The third-order valence-electron chi connectivity index (χ3n) is 3.51. The fourth-order valence-corrected chi connectivity index (χ4v) is 2.50. The number of aromatic nitrogens is 1. The number of nitriles is 1. The molecule has 102 valence electrons. The van der Waals surface area contributed by atoms with E-state index in [0.717, 1.165) is 25.5 Å². The zero-order valence-electron chi connectivity index (χ0n) is 11.8. The molecule has 1 N–H and O–H groups in total. The second-order valence-corrected chi connectivity index (χ2v) is 5.51. The number of nitrogens with one attached hydrogen (secondary N) is 1. The Labute approximate surface area is 115 Å². The lowest BCUT2D eigenvalue weighted by molar-refractivity contribution is 0.378. The fraction of sp³-hybridized carbons (Fsp3) is 0.600. The first-order chi connectivity index (χ1) is 9.19. The lowest BCUT2D eigenvalue weighted by Crippen LogP contribution is -2.41. The Kier molecular flexibility index (Phi) is 4.75. The smallest absolute Gasteiger partial charge is 0.142 e. The maximum atomic E-state index is 8.92. The van der Waals surface area contributed by atoms with Crippen LogP contribution in [0.4, 0.5) is 5.82 Å². The molecule has 4 heteroatoms. The predicted octanol–water partition coefficient (Wildman–Crippen LogP) is 2.17. The predicted molar refractivity (Wildman–Crippen MR) is 77.0 cm³/mol. The van der Waals surface area contributed by atoms with Gasteiger partial charge < -0.3 is 10.2 Å². The second-order valence-electron chi connectivity index (χ2n) is 5.51. The summed E-state index contributed by atoms with van der Waals surface area (Å²) < 4.78 is 0. The summed E-state index contributed by atoms with van der Waals surface area (Å²) in [5.74, 6) is 1.61. The van der Waals surface area contributed by atoms with E-state index in [2.05, 4.69) is 35.1 Å². The number of hydrogen-bond acceptors (Lipinski definition) is 4. The van der Waals surface area contributed by atoms with Crippen LogP contribution in [0.25, 0.3) is 0 Å². The van der Waals surface area contributed by atoms with Crippen molar-refractivity contribution in [2.24, 2.45) is 5.92 Å². The Balaban J connectivity index is 1.98. The Morgan fingerprint density at radius 2 is 2.37 bits per heavy atom. The van der Waals surface area contributed by atoms with E-state index in [0.29, 0.717) is 17.7 Å². The normalized spacial score (nSPS) is 19.5. The van der Waals surface area contributed by atoms with Crippen LogP contribution in [-0.4, -0.2) is 30.7 Å². The summed E-state index contributed by atoms with van der Waals surface area (Å²) in [6, 6.07) is 8.31. The molecule has 0 aliphatic carbocycles. The molecular weight excluding hydrogens is 236 g/mol. The van der Waals surface area contributed by atoms with Crippen LogP contribution < -0.4 is 10.2 Å². The largest absolute Gasteiger partial charge is 0.356 e. The minimum atomic E-state index is 0.500. The maximum absolute atomic E-state index is 8.92. The van der Waals surface area contributed by atoms with Crippen molar-refractivity contribution < 1.29 is 0 Å². The molecule has 4 nitrogen and oxygen atoms in total. The summed E-state index contributed by atoms with van der Waals surface area (Å²) in [6.07, 6.45) is 2.47. The van der Waals surface area contributed by atoms with E-state index in [1.54, 1.807) is 6.07 Å². The van der Waals surface area contributed by atoms with Gasteiger partial charge in [-0.1, -0.05) is 19.9 Å². The van der Waals surface area contributed by atoms with E-state index in [4.69, 9.17) is 5.26 Å². The lowest BCUT2D eigenvalue weighted by Gasteiger charge is -2.34. The molecule has 0 spiro atoms. The van der Waals surface area contributed by atoms with Crippen molar-refractivity contribution >= 4 is 5.82 Å². The molecule has 0 aromatic carbocycles. The van der Waals surface area contributed by atoms with Crippen molar-refractivity contribution in [3.8, 4) is 6.07 Å². The highest BCUT2D eigenvalue weighted by molar-refractivity contribution is 5.42. The van der Waals surface area contributed by atoms with Crippen molar-refractivity contribution in [1.82, 2.24) is 10.3 Å². The van der Waals surface area contributed by atoms with Crippen LogP contribution in [-0.2, 0) is 0 Å². The molecule has 1 unspecified atom stereocenters. The summed E-state index contributed by atoms with van der Waals surface area (Å²) in [6.45, 7) is 7.49. The van der Waals surface area contributed by atoms with Gasteiger partial charge in [-0.3, -0.25) is 0 Å². The van der Waals surface area contributed by atoms with Crippen LogP contribution >= 0.6 is 0 Å². The average molecular weight is 258 g/mol. The number of nitrogens with zero attached hydrogens (tertiary/aromatic N) is 3. The van der Waals surface area contributed by atoms with Crippen LogP contribution in [0.5, 0.6) is 0 Å². The zero-order chi connectivity index (χ0) is 13.7.